The second-order valence-electron chi connectivity index (χ2n) is 6.50. The second-order valence-corrected chi connectivity index (χ2v) is 7.98. The molecular weight excluding hydrogens is 372 g/mol. The molecule has 0 amide bonds. The van der Waals surface area contributed by atoms with E-state index < -0.39 is 16.8 Å². The van der Waals surface area contributed by atoms with Crippen LogP contribution in [0.2, 0.25) is 0 Å². The Morgan fingerprint density at radius 3 is 2.36 bits per heavy atom. The van der Waals surface area contributed by atoms with E-state index in [0.717, 1.165) is 22.4 Å². The third kappa shape index (κ3) is 4.67. The minimum Gasteiger partial charge on any atom is -0.489 e. The Bertz CT molecular complexity index is 1010. The molecule has 4 nitrogen and oxygen atoms in total. The van der Waals surface area contributed by atoms with Crippen LogP contribution in [-0.4, -0.2) is 17.3 Å². The van der Waals surface area contributed by atoms with Crippen LogP contribution in [0.4, 0.5) is 0 Å². The standard InChI is InChI=1S/C23H22O4S/c1-16-11-19(23(24)26-3)14-21(12-16)28(25)20-9-10-22(17(2)13-20)27-15-18-7-5-4-6-8-18/h4-14H,15H2,1-3H3. The molecule has 0 saturated heterocycles. The van der Waals surface area contributed by atoms with Gasteiger partial charge in [0.05, 0.1) is 23.5 Å². The number of hydrogen-bond acceptors (Lipinski definition) is 4. The summed E-state index contributed by atoms with van der Waals surface area (Å²) in [7, 11) is -0.0755. The molecule has 3 aromatic rings. The van der Waals surface area contributed by atoms with Crippen molar-refractivity contribution in [3.63, 3.8) is 0 Å². The number of esters is 1. The molecule has 0 N–H and O–H groups in total. The number of benzene rings is 3. The molecule has 0 aliphatic heterocycles. The SMILES string of the molecule is COC(=O)c1cc(C)cc(S(=O)c2ccc(OCc3ccccc3)c(C)c2)c1. The van der Waals surface area contributed by atoms with Crippen molar-refractivity contribution in [1.82, 2.24) is 0 Å². The third-order valence-electron chi connectivity index (χ3n) is 4.28. The minimum absolute atomic E-state index is 0.394. The molecule has 0 aromatic heterocycles. The van der Waals surface area contributed by atoms with Gasteiger partial charge in [0.2, 0.25) is 0 Å². The lowest BCUT2D eigenvalue weighted by molar-refractivity contribution is 0.0600. The van der Waals surface area contributed by atoms with E-state index in [-0.39, 0.29) is 0 Å². The Kier molecular flexibility index (Phi) is 6.26. The molecule has 0 heterocycles. The molecule has 1 atom stereocenters. The summed E-state index contributed by atoms with van der Waals surface area (Å²) in [6.07, 6.45) is 0. The fourth-order valence-electron chi connectivity index (χ4n) is 2.86. The average molecular weight is 394 g/mol. The van der Waals surface area contributed by atoms with E-state index in [9.17, 15) is 9.00 Å². The first-order chi connectivity index (χ1) is 13.5. The number of hydrogen-bond donors (Lipinski definition) is 0. The molecule has 0 bridgehead atoms. The number of carbonyl (C=O) groups is 1. The normalized spacial score (nSPS) is 11.7. The molecule has 1 unspecified atom stereocenters. The molecule has 0 radical (unpaired) electrons. The van der Waals surface area contributed by atoms with Gasteiger partial charge in [0.15, 0.2) is 0 Å². The number of rotatable bonds is 6. The van der Waals surface area contributed by atoms with Gasteiger partial charge in [-0.1, -0.05) is 30.3 Å². The highest BCUT2D eigenvalue weighted by molar-refractivity contribution is 7.85. The van der Waals surface area contributed by atoms with Crippen molar-refractivity contribution in [3.8, 4) is 5.75 Å². The van der Waals surface area contributed by atoms with Gasteiger partial charge in [0, 0.05) is 9.79 Å². The highest BCUT2D eigenvalue weighted by Gasteiger charge is 2.14. The zero-order valence-electron chi connectivity index (χ0n) is 16.1. The Balaban J connectivity index is 1.80. The first-order valence-electron chi connectivity index (χ1n) is 8.87. The smallest absolute Gasteiger partial charge is 0.337 e. The van der Waals surface area contributed by atoms with E-state index in [1.54, 1.807) is 18.2 Å². The summed E-state index contributed by atoms with van der Waals surface area (Å²) in [4.78, 5) is 13.1. The largest absolute Gasteiger partial charge is 0.489 e. The molecule has 0 aliphatic rings. The molecule has 28 heavy (non-hydrogen) atoms. The summed E-state index contributed by atoms with van der Waals surface area (Å²) in [5.41, 5.74) is 3.24. The molecule has 3 rings (SSSR count). The number of ether oxygens (including phenoxy) is 2. The van der Waals surface area contributed by atoms with Gasteiger partial charge in [0.25, 0.3) is 0 Å². The van der Waals surface area contributed by atoms with E-state index in [2.05, 4.69) is 0 Å². The summed E-state index contributed by atoms with van der Waals surface area (Å²) >= 11 is 0. The fraction of sp³-hybridized carbons (Fsp3) is 0.174. The van der Waals surface area contributed by atoms with Crippen LogP contribution in [0.25, 0.3) is 0 Å². The lowest BCUT2D eigenvalue weighted by atomic mass is 10.1. The Morgan fingerprint density at radius 2 is 1.68 bits per heavy atom. The van der Waals surface area contributed by atoms with Gasteiger partial charge in [-0.2, -0.15) is 0 Å². The van der Waals surface area contributed by atoms with Gasteiger partial charge in [-0.25, -0.2) is 9.00 Å². The Hall–Kier alpha value is -2.92. The van der Waals surface area contributed by atoms with E-state index in [4.69, 9.17) is 9.47 Å². The van der Waals surface area contributed by atoms with Crippen molar-refractivity contribution in [2.45, 2.75) is 30.2 Å². The van der Waals surface area contributed by atoms with Crippen LogP contribution in [0.3, 0.4) is 0 Å². The molecule has 3 aromatic carbocycles. The fourth-order valence-corrected chi connectivity index (χ4v) is 4.14. The maximum absolute atomic E-state index is 13.0. The van der Waals surface area contributed by atoms with Crippen molar-refractivity contribution in [2.24, 2.45) is 0 Å². The quantitative estimate of drug-likeness (QED) is 0.562. The zero-order valence-corrected chi connectivity index (χ0v) is 16.9. The van der Waals surface area contributed by atoms with Gasteiger partial charge < -0.3 is 9.47 Å². The maximum Gasteiger partial charge on any atom is 0.337 e. The van der Waals surface area contributed by atoms with Crippen LogP contribution in [0.1, 0.15) is 27.0 Å². The van der Waals surface area contributed by atoms with Crippen molar-refractivity contribution >= 4 is 16.8 Å². The van der Waals surface area contributed by atoms with Gasteiger partial charge in [0.1, 0.15) is 12.4 Å². The van der Waals surface area contributed by atoms with Gasteiger partial charge in [-0.05, 0) is 66.9 Å². The zero-order chi connectivity index (χ0) is 20.1. The van der Waals surface area contributed by atoms with E-state index in [0.29, 0.717) is 22.0 Å². The summed E-state index contributed by atoms with van der Waals surface area (Å²) in [5.74, 6) is 0.312. The minimum atomic E-state index is -1.41. The van der Waals surface area contributed by atoms with Crippen LogP contribution in [-0.2, 0) is 22.1 Å². The molecule has 0 aliphatic carbocycles. The van der Waals surface area contributed by atoms with Crippen LogP contribution >= 0.6 is 0 Å². The number of aryl methyl sites for hydroxylation is 2. The summed E-state index contributed by atoms with van der Waals surface area (Å²) < 4.78 is 23.7. The molecule has 5 heteroatoms. The molecule has 0 spiro atoms. The predicted molar refractivity (Wildman–Crippen MR) is 109 cm³/mol. The molecular formula is C23H22O4S. The highest BCUT2D eigenvalue weighted by atomic mass is 32.2. The molecule has 144 valence electrons. The molecule has 0 fully saturated rings. The van der Waals surface area contributed by atoms with Crippen LogP contribution in [0.15, 0.2) is 76.5 Å². The van der Waals surface area contributed by atoms with E-state index in [1.165, 1.54) is 7.11 Å². The summed E-state index contributed by atoms with van der Waals surface area (Å²) in [6.45, 7) is 4.26. The van der Waals surface area contributed by atoms with Gasteiger partial charge in [-0.3, -0.25) is 0 Å². The van der Waals surface area contributed by atoms with E-state index in [1.807, 2.05) is 62.4 Å². The number of carbonyl (C=O) groups excluding carboxylic acids is 1. The number of methoxy groups -OCH3 is 1. The third-order valence-corrected chi connectivity index (χ3v) is 5.63. The van der Waals surface area contributed by atoms with Crippen molar-refractivity contribution in [2.75, 3.05) is 7.11 Å². The summed E-state index contributed by atoms with van der Waals surface area (Å²) in [5, 5.41) is 0. The lowest BCUT2D eigenvalue weighted by Gasteiger charge is -2.11. The van der Waals surface area contributed by atoms with Crippen molar-refractivity contribution in [1.29, 1.82) is 0 Å². The first kappa shape index (κ1) is 19.8. The first-order valence-corrected chi connectivity index (χ1v) is 10.0. The van der Waals surface area contributed by atoms with Crippen LogP contribution in [0.5, 0.6) is 5.75 Å². The summed E-state index contributed by atoms with van der Waals surface area (Å²) in [6, 6.07) is 20.6. The van der Waals surface area contributed by atoms with Crippen molar-refractivity contribution in [3.05, 3.63) is 89.0 Å². The topological polar surface area (TPSA) is 52.6 Å². The van der Waals surface area contributed by atoms with Crippen LogP contribution < -0.4 is 4.74 Å². The van der Waals surface area contributed by atoms with Crippen LogP contribution in [0, 0.1) is 13.8 Å². The van der Waals surface area contributed by atoms with Gasteiger partial charge >= 0.3 is 5.97 Å². The van der Waals surface area contributed by atoms with E-state index >= 15 is 0 Å². The lowest BCUT2D eigenvalue weighted by Crippen LogP contribution is -2.04. The maximum atomic E-state index is 13.0. The van der Waals surface area contributed by atoms with Gasteiger partial charge in [-0.15, -0.1) is 0 Å². The van der Waals surface area contributed by atoms with Crippen molar-refractivity contribution < 1.29 is 18.5 Å². The average Bonchev–Trinajstić information content (AvgIpc) is 2.72. The monoisotopic (exact) mass is 394 g/mol. The predicted octanol–water partition coefficient (Wildman–Crippen LogP) is 4.84. The Labute approximate surface area is 167 Å². The Morgan fingerprint density at radius 1 is 0.929 bits per heavy atom. The molecule has 0 saturated carbocycles. The second kappa shape index (κ2) is 8.85. The highest BCUT2D eigenvalue weighted by Crippen LogP contribution is 2.26.